The Kier molecular flexibility index (Phi) is 4.84. The first-order chi connectivity index (χ1) is 13.1. The van der Waals surface area contributed by atoms with Crippen molar-refractivity contribution in [3.8, 4) is 22.9 Å². The minimum absolute atomic E-state index is 0.133. The summed E-state index contributed by atoms with van der Waals surface area (Å²) in [7, 11) is 1.49. The Morgan fingerprint density at radius 1 is 1.07 bits per heavy atom. The molecule has 3 aromatic rings. The molecule has 1 N–H and O–H groups in total. The van der Waals surface area contributed by atoms with Crippen molar-refractivity contribution in [2.75, 3.05) is 0 Å². The third-order valence-corrected chi connectivity index (χ3v) is 4.38. The van der Waals surface area contributed by atoms with Crippen molar-refractivity contribution < 1.29 is 17.9 Å². The van der Waals surface area contributed by atoms with Gasteiger partial charge in [0.1, 0.15) is 11.3 Å². The van der Waals surface area contributed by atoms with Gasteiger partial charge in [-0.05, 0) is 32.0 Å². The van der Waals surface area contributed by atoms with E-state index in [9.17, 15) is 22.8 Å². The fourth-order valence-corrected chi connectivity index (χ4v) is 2.89. The fourth-order valence-electron chi connectivity index (χ4n) is 2.89. The Labute approximate surface area is 157 Å². The first-order valence-electron chi connectivity index (χ1n) is 8.21. The summed E-state index contributed by atoms with van der Waals surface area (Å²) in [6.45, 7) is 3.19. The van der Waals surface area contributed by atoms with Gasteiger partial charge in [0.05, 0.1) is 5.69 Å². The summed E-state index contributed by atoms with van der Waals surface area (Å²) in [5.74, 6) is -0.444. The molecule has 2 aromatic heterocycles. The summed E-state index contributed by atoms with van der Waals surface area (Å²) < 4.78 is 46.3. The van der Waals surface area contributed by atoms with Crippen LogP contribution in [-0.4, -0.2) is 14.5 Å². The van der Waals surface area contributed by atoms with E-state index in [1.165, 1.54) is 29.9 Å². The van der Waals surface area contributed by atoms with Crippen LogP contribution in [0.1, 0.15) is 16.7 Å². The maximum absolute atomic E-state index is 13.2. The number of hydrogen-bond acceptors (Lipinski definition) is 4. The lowest BCUT2D eigenvalue weighted by Gasteiger charge is -2.17. The van der Waals surface area contributed by atoms with Gasteiger partial charge in [-0.1, -0.05) is 12.1 Å². The largest absolute Gasteiger partial charge is 0.438 e. The van der Waals surface area contributed by atoms with Crippen LogP contribution in [0.5, 0.6) is 11.6 Å². The number of nitrogens with zero attached hydrogens (tertiary/aromatic N) is 2. The maximum atomic E-state index is 13.2. The number of halogens is 3. The van der Waals surface area contributed by atoms with E-state index in [1.807, 2.05) is 0 Å². The number of alkyl halides is 3. The predicted molar refractivity (Wildman–Crippen MR) is 96.5 cm³/mol. The maximum Gasteiger partial charge on any atom is 0.421 e. The SMILES string of the molecule is Cc1c(Oc2ncccc2C(F)(F)F)cccc1-c1c(C)c(=O)[nH]c(=O)n1C. The van der Waals surface area contributed by atoms with Crippen LogP contribution in [0.4, 0.5) is 13.2 Å². The van der Waals surface area contributed by atoms with E-state index in [4.69, 9.17) is 4.74 Å². The van der Waals surface area contributed by atoms with Gasteiger partial charge in [0.15, 0.2) is 0 Å². The van der Waals surface area contributed by atoms with Crippen molar-refractivity contribution >= 4 is 0 Å². The van der Waals surface area contributed by atoms with E-state index in [0.717, 1.165) is 6.07 Å². The van der Waals surface area contributed by atoms with Gasteiger partial charge in [-0.25, -0.2) is 9.78 Å². The van der Waals surface area contributed by atoms with Crippen molar-refractivity contribution in [3.63, 3.8) is 0 Å². The summed E-state index contributed by atoms with van der Waals surface area (Å²) in [6.07, 6.45) is -3.42. The molecule has 9 heteroatoms. The van der Waals surface area contributed by atoms with Gasteiger partial charge in [-0.2, -0.15) is 13.2 Å². The molecule has 0 aliphatic heterocycles. The van der Waals surface area contributed by atoms with Crippen LogP contribution in [-0.2, 0) is 13.2 Å². The van der Waals surface area contributed by atoms with Crippen LogP contribution < -0.4 is 16.0 Å². The molecule has 0 unspecified atom stereocenters. The normalized spacial score (nSPS) is 11.5. The first kappa shape index (κ1) is 19.4. The van der Waals surface area contributed by atoms with Gasteiger partial charge in [0.2, 0.25) is 5.88 Å². The average Bonchev–Trinajstić information content (AvgIpc) is 2.63. The van der Waals surface area contributed by atoms with Gasteiger partial charge in [0, 0.05) is 29.9 Å². The Bertz CT molecular complexity index is 1130. The van der Waals surface area contributed by atoms with Crippen LogP contribution in [0.25, 0.3) is 11.3 Å². The third-order valence-electron chi connectivity index (χ3n) is 4.38. The van der Waals surface area contributed by atoms with E-state index in [-0.39, 0.29) is 5.75 Å². The molecule has 146 valence electrons. The van der Waals surface area contributed by atoms with Crippen LogP contribution in [0, 0.1) is 13.8 Å². The Morgan fingerprint density at radius 3 is 2.46 bits per heavy atom. The molecule has 2 heterocycles. The molecule has 0 saturated carbocycles. The molecule has 3 rings (SSSR count). The number of aromatic amines is 1. The Morgan fingerprint density at radius 2 is 1.79 bits per heavy atom. The summed E-state index contributed by atoms with van der Waals surface area (Å²) in [5.41, 5.74) is -0.520. The lowest BCUT2D eigenvalue weighted by molar-refractivity contribution is -0.138. The Balaban J connectivity index is 2.16. The molecular formula is C19H16F3N3O3. The molecule has 0 fully saturated rings. The van der Waals surface area contributed by atoms with Gasteiger partial charge in [-0.3, -0.25) is 14.3 Å². The second-order valence-electron chi connectivity index (χ2n) is 6.18. The highest BCUT2D eigenvalue weighted by molar-refractivity contribution is 5.69. The summed E-state index contributed by atoms with van der Waals surface area (Å²) in [5, 5.41) is 0. The first-order valence-corrected chi connectivity index (χ1v) is 8.21. The molecule has 28 heavy (non-hydrogen) atoms. The molecular weight excluding hydrogens is 375 g/mol. The number of nitrogens with one attached hydrogen (secondary N) is 1. The number of ether oxygens (including phenoxy) is 1. The summed E-state index contributed by atoms with van der Waals surface area (Å²) in [6, 6.07) is 6.78. The van der Waals surface area contributed by atoms with Crippen molar-refractivity contribution in [2.24, 2.45) is 7.05 Å². The summed E-state index contributed by atoms with van der Waals surface area (Å²) in [4.78, 5) is 29.9. The van der Waals surface area contributed by atoms with Gasteiger partial charge < -0.3 is 4.74 Å². The molecule has 0 radical (unpaired) electrons. The van der Waals surface area contributed by atoms with E-state index in [1.54, 1.807) is 26.0 Å². The number of rotatable bonds is 3. The second-order valence-corrected chi connectivity index (χ2v) is 6.18. The van der Waals surface area contributed by atoms with Crippen LogP contribution in [0.3, 0.4) is 0 Å². The predicted octanol–water partition coefficient (Wildman–Crippen LogP) is 3.56. The van der Waals surface area contributed by atoms with E-state index >= 15 is 0 Å². The number of H-pyrrole nitrogens is 1. The van der Waals surface area contributed by atoms with Crippen molar-refractivity contribution in [3.05, 3.63) is 74.1 Å². The number of benzene rings is 1. The number of pyridine rings is 1. The topological polar surface area (TPSA) is 77.0 Å². The zero-order chi connectivity index (χ0) is 20.6. The average molecular weight is 391 g/mol. The molecule has 0 atom stereocenters. The highest BCUT2D eigenvalue weighted by Gasteiger charge is 2.35. The minimum Gasteiger partial charge on any atom is -0.438 e. The van der Waals surface area contributed by atoms with Gasteiger partial charge >= 0.3 is 11.9 Å². The third kappa shape index (κ3) is 3.42. The van der Waals surface area contributed by atoms with Crippen molar-refractivity contribution in [1.29, 1.82) is 0 Å². The minimum atomic E-state index is -4.62. The monoisotopic (exact) mass is 391 g/mol. The van der Waals surface area contributed by atoms with Gasteiger partial charge in [0.25, 0.3) is 5.56 Å². The molecule has 0 spiro atoms. The number of hydrogen-bond donors (Lipinski definition) is 1. The van der Waals surface area contributed by atoms with Crippen LogP contribution in [0.15, 0.2) is 46.1 Å². The van der Waals surface area contributed by atoms with E-state index in [0.29, 0.717) is 22.4 Å². The zero-order valence-electron chi connectivity index (χ0n) is 15.2. The van der Waals surface area contributed by atoms with Crippen LogP contribution >= 0.6 is 0 Å². The lowest BCUT2D eigenvalue weighted by atomic mass is 10.0. The molecule has 0 aliphatic carbocycles. The fraction of sp³-hybridized carbons (Fsp3) is 0.211. The second kappa shape index (κ2) is 6.99. The molecule has 6 nitrogen and oxygen atoms in total. The highest BCUT2D eigenvalue weighted by Crippen LogP contribution is 2.38. The van der Waals surface area contributed by atoms with E-state index in [2.05, 4.69) is 9.97 Å². The molecule has 0 saturated heterocycles. The standard InChI is InChI=1S/C19H16F3N3O3/c1-10-12(15-11(2)16(26)24-18(27)25(15)3)6-4-8-14(10)28-17-13(19(20,21)22)7-5-9-23-17/h4-9H,1-3H3,(H,24,26,27). The summed E-state index contributed by atoms with van der Waals surface area (Å²) >= 11 is 0. The lowest BCUT2D eigenvalue weighted by Crippen LogP contribution is -2.31. The highest BCUT2D eigenvalue weighted by atomic mass is 19.4. The molecule has 0 aliphatic rings. The van der Waals surface area contributed by atoms with Crippen LogP contribution in [0.2, 0.25) is 0 Å². The Hall–Kier alpha value is -3.36. The van der Waals surface area contributed by atoms with E-state index < -0.39 is 28.9 Å². The molecule has 0 bridgehead atoms. The zero-order valence-corrected chi connectivity index (χ0v) is 15.2. The quantitative estimate of drug-likeness (QED) is 0.741. The molecule has 0 amide bonds. The van der Waals surface area contributed by atoms with Crippen molar-refractivity contribution in [2.45, 2.75) is 20.0 Å². The van der Waals surface area contributed by atoms with Gasteiger partial charge in [-0.15, -0.1) is 0 Å². The smallest absolute Gasteiger partial charge is 0.421 e. The van der Waals surface area contributed by atoms with Crippen molar-refractivity contribution in [1.82, 2.24) is 14.5 Å². The number of aromatic nitrogens is 3. The molecule has 1 aromatic carbocycles.